The average molecular weight is 1790 g/mol. The number of aromatic nitrogens is 4. The Kier molecular flexibility index (Phi) is 21.1. The summed E-state index contributed by atoms with van der Waals surface area (Å²) in [6.07, 6.45) is 0. The summed E-state index contributed by atoms with van der Waals surface area (Å²) in [6.45, 7) is 4.77. The highest BCUT2D eigenvalue weighted by molar-refractivity contribution is 7.26. The van der Waals surface area contributed by atoms with Crippen molar-refractivity contribution >= 4 is 125 Å². The molecule has 0 N–H and O–H groups in total. The molecule has 1 aliphatic carbocycles. The maximum atomic E-state index is 5.19. The molecule has 5 heterocycles. The summed E-state index contributed by atoms with van der Waals surface area (Å²) in [4.78, 5) is 12.7. The fraction of sp³-hybridized carbons (Fsp3) is 0.0226. The van der Waals surface area contributed by atoms with Crippen LogP contribution >= 0.6 is 11.3 Å². The summed E-state index contributed by atoms with van der Waals surface area (Å²) in [7, 11) is 0. The molecule has 5 nitrogen and oxygen atoms in total. The molecule has 0 atom stereocenters. The van der Waals surface area contributed by atoms with Crippen molar-refractivity contribution in [2.45, 2.75) is 19.3 Å². The minimum atomic E-state index is -0.230. The number of hydrogen-bond acceptors (Lipinski definition) is 4. The van der Waals surface area contributed by atoms with E-state index < -0.39 is 0 Å². The van der Waals surface area contributed by atoms with Gasteiger partial charge in [0.25, 0.3) is 0 Å². The quantitative estimate of drug-likeness (QED) is 0.102. The van der Waals surface area contributed by atoms with Gasteiger partial charge in [0.2, 0.25) is 0 Å². The third kappa shape index (κ3) is 14.9. The average Bonchev–Trinajstić information content (AvgIpc) is 1.54. The number of thiophene rings is 1. The number of fused-ring (bicyclic) bond motifs is 17. The van der Waals surface area contributed by atoms with Crippen LogP contribution in [0, 0.1) is 0 Å². The Morgan fingerprint density at radius 2 is 0.604 bits per heavy atom. The molecule has 6 heteroatoms. The van der Waals surface area contributed by atoms with Gasteiger partial charge in [-0.15, -0.1) is 11.3 Å². The first kappa shape index (κ1) is 83.2. The van der Waals surface area contributed by atoms with E-state index in [4.69, 9.17) is 9.97 Å². The van der Waals surface area contributed by atoms with Gasteiger partial charge < -0.3 is 14.0 Å². The van der Waals surface area contributed by atoms with Crippen molar-refractivity contribution in [3.8, 4) is 123 Å². The van der Waals surface area contributed by atoms with E-state index in [-0.39, 0.29) is 5.41 Å². The first-order chi connectivity index (χ1) is 68.7. The minimum Gasteiger partial charge on any atom is -0.310 e. The van der Waals surface area contributed by atoms with Gasteiger partial charge in [-0.2, -0.15) is 0 Å². The van der Waals surface area contributed by atoms with Crippen LogP contribution in [-0.2, 0) is 5.41 Å². The smallest absolute Gasteiger partial charge is 0.0715 e. The summed E-state index contributed by atoms with van der Waals surface area (Å²) in [6, 6.07) is 186. The van der Waals surface area contributed by atoms with E-state index >= 15 is 0 Å². The number of hydrogen-bond donors (Lipinski definition) is 0. The van der Waals surface area contributed by atoms with Crippen LogP contribution in [0.5, 0.6) is 0 Å². The lowest BCUT2D eigenvalue weighted by Gasteiger charge is -2.25. The second-order valence-electron chi connectivity index (χ2n) is 36.5. The van der Waals surface area contributed by atoms with Crippen molar-refractivity contribution in [2.24, 2.45) is 0 Å². The largest absolute Gasteiger partial charge is 0.310 e. The van der Waals surface area contributed by atoms with Gasteiger partial charge in [0.15, 0.2) is 0 Å². The molecule has 0 radical (unpaired) electrons. The maximum absolute atomic E-state index is 5.19. The van der Waals surface area contributed by atoms with Gasteiger partial charge in [0.1, 0.15) is 0 Å². The molecule has 0 spiro atoms. The van der Waals surface area contributed by atoms with E-state index in [1.54, 1.807) is 0 Å². The van der Waals surface area contributed by atoms with Crippen LogP contribution in [0.25, 0.3) is 219 Å². The molecular formula is C133H91N5S. The lowest BCUT2D eigenvalue weighted by molar-refractivity contribution is 0.661. The highest BCUT2D eigenvalue weighted by Crippen LogP contribution is 2.56. The van der Waals surface area contributed by atoms with Crippen molar-refractivity contribution in [1.82, 2.24) is 19.1 Å². The van der Waals surface area contributed by atoms with E-state index in [2.05, 4.69) is 544 Å². The number of para-hydroxylation sites is 4. The molecule has 21 aromatic carbocycles. The van der Waals surface area contributed by atoms with Crippen LogP contribution in [0.4, 0.5) is 17.1 Å². The van der Waals surface area contributed by atoms with E-state index in [1.165, 1.54) is 163 Å². The predicted octanol–water partition coefficient (Wildman–Crippen LogP) is 36.7. The van der Waals surface area contributed by atoms with Crippen LogP contribution in [0.3, 0.4) is 0 Å². The van der Waals surface area contributed by atoms with Gasteiger partial charge in [0, 0.05) is 97.8 Å². The fourth-order valence-corrected chi connectivity index (χ4v) is 22.7. The van der Waals surface area contributed by atoms with Gasteiger partial charge in [0.05, 0.1) is 44.8 Å². The molecule has 5 aromatic heterocycles. The van der Waals surface area contributed by atoms with Crippen molar-refractivity contribution < 1.29 is 0 Å². The van der Waals surface area contributed by atoms with E-state index in [0.717, 1.165) is 84.5 Å². The molecular weight excluding hydrogens is 1700 g/mol. The first-order valence-corrected chi connectivity index (χ1v) is 48.6. The molecule has 0 fully saturated rings. The van der Waals surface area contributed by atoms with Crippen molar-refractivity contribution in [2.75, 3.05) is 4.90 Å². The van der Waals surface area contributed by atoms with Crippen LogP contribution < -0.4 is 4.90 Å². The maximum Gasteiger partial charge on any atom is 0.0715 e. The van der Waals surface area contributed by atoms with Crippen molar-refractivity contribution in [3.05, 3.63) is 527 Å². The van der Waals surface area contributed by atoms with Gasteiger partial charge >= 0.3 is 0 Å². The summed E-state index contributed by atoms with van der Waals surface area (Å²) < 4.78 is 7.55. The van der Waals surface area contributed by atoms with Gasteiger partial charge in [-0.25, -0.2) is 9.97 Å². The van der Waals surface area contributed by atoms with Crippen LogP contribution in [0.2, 0.25) is 0 Å². The normalized spacial score (nSPS) is 12.0. The fourth-order valence-electron chi connectivity index (χ4n) is 21.6. The Hall–Kier alpha value is -17.7. The summed E-state index contributed by atoms with van der Waals surface area (Å²) >= 11 is 1.87. The highest BCUT2D eigenvalue weighted by atomic mass is 32.1. The summed E-state index contributed by atoms with van der Waals surface area (Å²) in [5.74, 6) is 0. The van der Waals surface area contributed by atoms with E-state index in [9.17, 15) is 0 Å². The molecule has 0 unspecified atom stereocenters. The third-order valence-corrected chi connectivity index (χ3v) is 29.1. The third-order valence-electron chi connectivity index (χ3n) is 28.0. The molecule has 0 amide bonds. The number of nitrogens with zero attached hydrogens (tertiary/aromatic N) is 5. The van der Waals surface area contributed by atoms with E-state index in [1.807, 2.05) is 11.3 Å². The topological polar surface area (TPSA) is 38.9 Å². The molecule has 1 aliphatic rings. The van der Waals surface area contributed by atoms with Gasteiger partial charge in [-0.05, 0) is 232 Å². The van der Waals surface area contributed by atoms with Crippen LogP contribution in [-0.4, -0.2) is 19.1 Å². The monoisotopic (exact) mass is 1790 g/mol. The lowest BCUT2D eigenvalue weighted by atomic mass is 9.81. The molecule has 654 valence electrons. The Labute approximate surface area is 811 Å². The van der Waals surface area contributed by atoms with Crippen molar-refractivity contribution in [3.63, 3.8) is 0 Å². The zero-order chi connectivity index (χ0) is 92.4. The summed E-state index contributed by atoms with van der Waals surface area (Å²) in [5, 5.41) is 15.4. The number of benzene rings is 21. The standard InChI is InChI=1S/C61H43N3.C36H24N2S.C36H24/c1-61(2)51-32-33-57-60(59(51)49-30-28-44(34-52(49)61)46-35-53(40-18-8-3-9-19-40)62-54(36-46)41-20-10-4-11-21-41)50-31-29-45(39-58(50)64(57)48-26-16-7-17-27-48)47-37-55(42-22-12-5-13-23-42)63-56(38-47)43-24-14-6-15-25-43;1-4-12-25(13-5-1)37(26-14-6-2-7-15-26)28-20-22-32-31(24-28)29-21-23-34-35(30-18-10-11-19-33(30)39-34)36(29)38(32)27-16-8-3-9-17-27;1-3-13-25(14-4-1)27-23-24-34(29-18-8-7-17-28(27)29)36-32-21-11-9-19-30(32)35(26-15-5-2-6-16-26)31-20-10-12-22-33(31)36/h3-39H,1-2H3;1-24H;1-24H. The molecule has 26 aromatic rings. The second-order valence-corrected chi connectivity index (χ2v) is 37.6. The number of anilines is 3. The molecule has 139 heavy (non-hydrogen) atoms. The van der Waals surface area contributed by atoms with Crippen LogP contribution in [0.1, 0.15) is 25.0 Å². The second kappa shape index (κ2) is 35.3. The summed E-state index contributed by atoms with van der Waals surface area (Å²) in [5.41, 5.74) is 36.2. The molecule has 0 saturated carbocycles. The van der Waals surface area contributed by atoms with Gasteiger partial charge in [-0.3, -0.25) is 0 Å². The molecule has 0 bridgehead atoms. The molecule has 27 rings (SSSR count). The molecule has 0 aliphatic heterocycles. The van der Waals surface area contributed by atoms with E-state index in [0.29, 0.717) is 0 Å². The zero-order valence-corrected chi connectivity index (χ0v) is 77.5. The Morgan fingerprint density at radius 3 is 1.12 bits per heavy atom. The van der Waals surface area contributed by atoms with Gasteiger partial charge in [-0.1, -0.05) is 408 Å². The SMILES string of the molecule is CC1(C)c2cc(-c3cc(-c4ccccc4)nc(-c4ccccc4)c3)ccc2-c2c1ccc1c2c2ccc(-c3cc(-c4ccccc4)nc(-c4ccccc4)c3)cc2n1-c1ccccc1.c1ccc(-c2ccc(-c3c4ccccc4c(-c4ccccc4)c4ccccc34)c3ccccc23)cc1.c1ccc(N(c2ccccc2)c2ccc3c(c2)c2ccc4sc5ccccc5c4c2n3-c2ccccc2)cc1. The molecule has 0 saturated heterocycles. The number of rotatable bonds is 14. The number of pyridine rings is 2. The Bertz CT molecular complexity index is 8950. The van der Waals surface area contributed by atoms with Crippen molar-refractivity contribution in [1.29, 1.82) is 0 Å². The highest BCUT2D eigenvalue weighted by Gasteiger charge is 2.39. The lowest BCUT2D eigenvalue weighted by Crippen LogP contribution is -2.15. The van der Waals surface area contributed by atoms with Crippen LogP contribution in [0.15, 0.2) is 516 Å². The minimum absolute atomic E-state index is 0.230. The Balaban J connectivity index is 0.000000117. The first-order valence-electron chi connectivity index (χ1n) is 47.7. The predicted molar refractivity (Wildman–Crippen MR) is 590 cm³/mol. The zero-order valence-electron chi connectivity index (χ0n) is 76.7. The Morgan fingerprint density at radius 1 is 0.209 bits per heavy atom.